The number of hydrogen-bond acceptors (Lipinski definition) is 4. The number of nitrogens with one attached hydrogen (secondary N) is 1. The summed E-state index contributed by atoms with van der Waals surface area (Å²) in [6.07, 6.45) is 3.09. The summed E-state index contributed by atoms with van der Waals surface area (Å²) in [5, 5.41) is 11.4. The molecule has 2 N–H and O–H groups in total. The van der Waals surface area contributed by atoms with E-state index in [0.29, 0.717) is 19.1 Å². The van der Waals surface area contributed by atoms with Crippen molar-refractivity contribution in [3.63, 3.8) is 0 Å². The number of carbonyl (C=O) groups is 2. The summed E-state index contributed by atoms with van der Waals surface area (Å²) in [7, 11) is 0. The monoisotopic (exact) mass is 253 g/mol. The van der Waals surface area contributed by atoms with Crippen LogP contribution in [-0.4, -0.2) is 36.7 Å². The number of ether oxygens (including phenoxy) is 1. The van der Waals surface area contributed by atoms with Crippen molar-refractivity contribution in [2.45, 2.75) is 12.8 Å². The van der Waals surface area contributed by atoms with Gasteiger partial charge in [-0.05, 0) is 18.8 Å². The Morgan fingerprint density at radius 3 is 2.94 bits per heavy atom. The van der Waals surface area contributed by atoms with Crippen LogP contribution in [0.1, 0.15) is 33.8 Å². The lowest BCUT2D eigenvalue weighted by Gasteiger charge is -2.21. The molecule has 2 rings (SSSR count). The normalized spacial score (nSPS) is 19.4. The van der Waals surface area contributed by atoms with Crippen LogP contribution in [0, 0.1) is 5.92 Å². The van der Waals surface area contributed by atoms with Gasteiger partial charge in [-0.1, -0.05) is 0 Å². The molecule has 1 atom stereocenters. The number of aromatic carboxylic acids is 1. The Balaban J connectivity index is 1.84. The highest BCUT2D eigenvalue weighted by atomic mass is 16.5. The number of hydrogen-bond donors (Lipinski definition) is 2. The summed E-state index contributed by atoms with van der Waals surface area (Å²) in [6.45, 7) is 1.95. The maximum absolute atomic E-state index is 11.7. The van der Waals surface area contributed by atoms with E-state index in [1.807, 2.05) is 0 Å². The Kier molecular flexibility index (Phi) is 3.99. The smallest absolute Gasteiger partial charge is 0.338 e. The Hall–Kier alpha value is -1.82. The predicted molar refractivity (Wildman–Crippen MR) is 61.5 cm³/mol. The number of carbonyl (C=O) groups excluding carboxylic acids is 1. The van der Waals surface area contributed by atoms with E-state index in [1.54, 1.807) is 0 Å². The van der Waals surface area contributed by atoms with Crippen molar-refractivity contribution in [1.29, 1.82) is 0 Å². The highest BCUT2D eigenvalue weighted by molar-refractivity contribution is 5.95. The van der Waals surface area contributed by atoms with Crippen molar-refractivity contribution in [3.8, 4) is 0 Å². The van der Waals surface area contributed by atoms with Crippen LogP contribution in [0.4, 0.5) is 0 Å². The van der Waals surface area contributed by atoms with E-state index in [2.05, 4.69) is 5.32 Å². The van der Waals surface area contributed by atoms with E-state index in [4.69, 9.17) is 14.3 Å². The molecule has 1 unspecified atom stereocenters. The van der Waals surface area contributed by atoms with E-state index < -0.39 is 11.9 Å². The van der Waals surface area contributed by atoms with Gasteiger partial charge in [0.1, 0.15) is 6.26 Å². The fraction of sp³-hybridized carbons (Fsp3) is 0.500. The Morgan fingerprint density at radius 2 is 2.33 bits per heavy atom. The average Bonchev–Trinajstić information content (AvgIpc) is 2.87. The summed E-state index contributed by atoms with van der Waals surface area (Å²) in [6, 6.07) is 1.22. The molecule has 0 bridgehead atoms. The molecule has 0 aromatic carbocycles. The minimum Gasteiger partial charge on any atom is -0.478 e. The van der Waals surface area contributed by atoms with Crippen LogP contribution < -0.4 is 5.32 Å². The van der Waals surface area contributed by atoms with Crippen LogP contribution in [0.25, 0.3) is 0 Å². The summed E-state index contributed by atoms with van der Waals surface area (Å²) < 4.78 is 10.2. The molecule has 1 aromatic rings. The molecule has 98 valence electrons. The Morgan fingerprint density at radius 1 is 1.50 bits per heavy atom. The van der Waals surface area contributed by atoms with E-state index in [-0.39, 0.29) is 11.3 Å². The molecule has 6 nitrogen and oxygen atoms in total. The lowest BCUT2D eigenvalue weighted by molar-refractivity contribution is 0.0533. The van der Waals surface area contributed by atoms with Gasteiger partial charge in [-0.3, -0.25) is 4.79 Å². The summed E-state index contributed by atoms with van der Waals surface area (Å²) in [5.41, 5.74) is -0.0267. The number of carboxylic acids is 1. The van der Waals surface area contributed by atoms with Crippen LogP contribution in [0.2, 0.25) is 0 Å². The molecule has 1 aliphatic rings. The molecule has 0 saturated carbocycles. The average molecular weight is 253 g/mol. The van der Waals surface area contributed by atoms with Crippen molar-refractivity contribution in [2.24, 2.45) is 5.92 Å². The van der Waals surface area contributed by atoms with Crippen molar-refractivity contribution in [3.05, 3.63) is 23.7 Å². The molecular formula is C12H15NO5. The number of rotatable bonds is 4. The van der Waals surface area contributed by atoms with Crippen LogP contribution in [0.5, 0.6) is 0 Å². The molecule has 1 aromatic heterocycles. The summed E-state index contributed by atoms with van der Waals surface area (Å²) >= 11 is 0. The van der Waals surface area contributed by atoms with Crippen LogP contribution in [0.15, 0.2) is 16.7 Å². The molecular weight excluding hydrogens is 238 g/mol. The third kappa shape index (κ3) is 3.10. The number of carboxylic acid groups (broad SMARTS) is 1. The molecule has 2 heterocycles. The van der Waals surface area contributed by atoms with E-state index >= 15 is 0 Å². The second-order valence-corrected chi connectivity index (χ2v) is 4.30. The lowest BCUT2D eigenvalue weighted by Crippen LogP contribution is -2.33. The maximum atomic E-state index is 11.7. The second-order valence-electron chi connectivity index (χ2n) is 4.30. The zero-order valence-electron chi connectivity index (χ0n) is 9.85. The van der Waals surface area contributed by atoms with Crippen molar-refractivity contribution in [2.75, 3.05) is 19.8 Å². The van der Waals surface area contributed by atoms with Crippen LogP contribution >= 0.6 is 0 Å². The van der Waals surface area contributed by atoms with Gasteiger partial charge in [0.05, 0.1) is 12.2 Å². The molecule has 6 heteroatoms. The first-order valence-corrected chi connectivity index (χ1v) is 5.84. The zero-order valence-corrected chi connectivity index (χ0v) is 9.85. The van der Waals surface area contributed by atoms with Gasteiger partial charge in [0.2, 0.25) is 0 Å². The van der Waals surface area contributed by atoms with Gasteiger partial charge >= 0.3 is 5.97 Å². The largest absolute Gasteiger partial charge is 0.478 e. The van der Waals surface area contributed by atoms with E-state index in [9.17, 15) is 9.59 Å². The second kappa shape index (κ2) is 5.68. The van der Waals surface area contributed by atoms with Gasteiger partial charge in [-0.2, -0.15) is 0 Å². The molecule has 1 fully saturated rings. The Labute approximate surface area is 104 Å². The first kappa shape index (κ1) is 12.6. The van der Waals surface area contributed by atoms with Gasteiger partial charge < -0.3 is 19.6 Å². The molecule has 1 saturated heterocycles. The topological polar surface area (TPSA) is 88.8 Å². The molecule has 0 spiro atoms. The maximum Gasteiger partial charge on any atom is 0.338 e. The molecule has 0 aliphatic carbocycles. The number of amides is 1. The minimum absolute atomic E-state index is 0.0177. The zero-order chi connectivity index (χ0) is 13.0. The van der Waals surface area contributed by atoms with Gasteiger partial charge in [-0.25, -0.2) is 4.79 Å². The van der Waals surface area contributed by atoms with Gasteiger partial charge in [-0.15, -0.1) is 0 Å². The van der Waals surface area contributed by atoms with E-state index in [1.165, 1.54) is 6.07 Å². The standard InChI is InChI=1S/C12H15NO5/c14-11(10-4-9(7-18-10)12(15)16)13-5-8-2-1-3-17-6-8/h4,7-8H,1-3,5-6H2,(H,13,14)(H,15,16). The molecule has 18 heavy (non-hydrogen) atoms. The predicted octanol–water partition coefficient (Wildman–Crippen LogP) is 1.13. The third-order valence-electron chi connectivity index (χ3n) is 2.88. The molecule has 1 amide bonds. The lowest BCUT2D eigenvalue weighted by atomic mass is 10.0. The first-order valence-electron chi connectivity index (χ1n) is 5.84. The van der Waals surface area contributed by atoms with E-state index in [0.717, 1.165) is 25.7 Å². The fourth-order valence-electron chi connectivity index (χ4n) is 1.86. The van der Waals surface area contributed by atoms with Crippen LogP contribution in [0.3, 0.4) is 0 Å². The Bertz CT molecular complexity index is 433. The van der Waals surface area contributed by atoms with Crippen LogP contribution in [-0.2, 0) is 4.74 Å². The molecule has 1 aliphatic heterocycles. The first-order chi connectivity index (χ1) is 8.66. The minimum atomic E-state index is -1.11. The van der Waals surface area contributed by atoms with Crippen molar-refractivity contribution in [1.82, 2.24) is 5.32 Å². The van der Waals surface area contributed by atoms with Gasteiger partial charge in [0.15, 0.2) is 5.76 Å². The third-order valence-corrected chi connectivity index (χ3v) is 2.88. The molecule has 0 radical (unpaired) electrons. The van der Waals surface area contributed by atoms with Crippen molar-refractivity contribution < 1.29 is 23.8 Å². The highest BCUT2D eigenvalue weighted by Crippen LogP contribution is 2.13. The summed E-state index contributed by atoms with van der Waals surface area (Å²) in [4.78, 5) is 22.3. The highest BCUT2D eigenvalue weighted by Gasteiger charge is 2.18. The SMILES string of the molecule is O=C(O)c1coc(C(=O)NCC2CCCOC2)c1. The quantitative estimate of drug-likeness (QED) is 0.839. The summed E-state index contributed by atoms with van der Waals surface area (Å²) in [5.74, 6) is -1.17. The van der Waals surface area contributed by atoms with Gasteiger partial charge in [0.25, 0.3) is 5.91 Å². The number of furan rings is 1. The van der Waals surface area contributed by atoms with Crippen molar-refractivity contribution >= 4 is 11.9 Å². The van der Waals surface area contributed by atoms with Gasteiger partial charge in [0, 0.05) is 19.2 Å². The fourth-order valence-corrected chi connectivity index (χ4v) is 1.86.